The lowest BCUT2D eigenvalue weighted by atomic mass is 10.0. The highest BCUT2D eigenvalue weighted by molar-refractivity contribution is 7.90. The van der Waals surface area contributed by atoms with Crippen molar-refractivity contribution in [2.45, 2.75) is 95.6 Å². The first-order valence-electron chi connectivity index (χ1n) is 18.0. The number of alkyl halides is 3. The van der Waals surface area contributed by atoms with Crippen LogP contribution in [-0.4, -0.2) is 90.6 Å². The minimum Gasteiger partial charge on any atom is -0.497 e. The summed E-state index contributed by atoms with van der Waals surface area (Å²) in [6.45, 7) is 9.90. The van der Waals surface area contributed by atoms with Crippen molar-refractivity contribution >= 4 is 44.7 Å². The molecular formula is C38H46F3N5O9S. The van der Waals surface area contributed by atoms with Crippen LogP contribution in [-0.2, 0) is 29.1 Å². The van der Waals surface area contributed by atoms with E-state index in [1.807, 2.05) is 44.2 Å². The summed E-state index contributed by atoms with van der Waals surface area (Å²) in [6.07, 6.45) is -1.90. The number of sulfonamides is 1. The van der Waals surface area contributed by atoms with Crippen molar-refractivity contribution in [1.82, 2.24) is 25.2 Å². The first-order valence-corrected chi connectivity index (χ1v) is 19.5. The number of hydrogen-bond donors (Lipinski definition) is 3. The van der Waals surface area contributed by atoms with Gasteiger partial charge in [0.1, 0.15) is 40.8 Å². The van der Waals surface area contributed by atoms with Crippen LogP contribution >= 0.6 is 0 Å². The number of fused-ring (bicyclic) bond motifs is 1. The van der Waals surface area contributed by atoms with Gasteiger partial charge in [0.25, 0.3) is 5.91 Å². The van der Waals surface area contributed by atoms with Crippen molar-refractivity contribution in [3.63, 3.8) is 0 Å². The summed E-state index contributed by atoms with van der Waals surface area (Å²) in [5.74, 6) is -3.12. The normalized spacial score (nSPS) is 21.6. The average Bonchev–Trinajstić information content (AvgIpc) is 3.56. The van der Waals surface area contributed by atoms with Crippen molar-refractivity contribution in [2.24, 2.45) is 11.8 Å². The number of methoxy groups -OCH3 is 1. The molecular weight excluding hydrogens is 760 g/mol. The number of rotatable bonds is 12. The highest BCUT2D eigenvalue weighted by Crippen LogP contribution is 2.44. The molecule has 1 aliphatic carbocycles. The maximum Gasteiger partial charge on any atom is 0.516 e. The Morgan fingerprint density at radius 1 is 1.04 bits per heavy atom. The average molecular weight is 806 g/mol. The molecule has 0 bridgehead atoms. The zero-order chi connectivity index (χ0) is 41.4. The number of benzene rings is 2. The van der Waals surface area contributed by atoms with E-state index in [9.17, 15) is 40.8 Å². The smallest absolute Gasteiger partial charge is 0.497 e. The summed E-state index contributed by atoms with van der Waals surface area (Å²) < 4.78 is 81.6. The van der Waals surface area contributed by atoms with Crippen molar-refractivity contribution in [1.29, 1.82) is 0 Å². The highest BCUT2D eigenvalue weighted by Gasteiger charge is 2.62. The number of likely N-dealkylation sites (tertiary alicyclic amines) is 1. The Hall–Kier alpha value is -5.13. The minimum absolute atomic E-state index is 0.118. The molecule has 304 valence electrons. The minimum atomic E-state index is -6.08. The van der Waals surface area contributed by atoms with Crippen LogP contribution in [0.25, 0.3) is 22.2 Å². The van der Waals surface area contributed by atoms with E-state index in [0.29, 0.717) is 28.1 Å². The lowest BCUT2D eigenvalue weighted by molar-refractivity contribution is -0.141. The number of nitrogens with one attached hydrogen (secondary N) is 3. The predicted molar refractivity (Wildman–Crippen MR) is 199 cm³/mol. The zero-order valence-electron chi connectivity index (χ0n) is 32.0. The Labute approximate surface area is 322 Å². The molecule has 2 aromatic carbocycles. The van der Waals surface area contributed by atoms with Crippen LogP contribution in [0.5, 0.6) is 11.5 Å². The zero-order valence-corrected chi connectivity index (χ0v) is 32.8. The van der Waals surface area contributed by atoms with E-state index < -0.39 is 74.6 Å². The third kappa shape index (κ3) is 9.45. The van der Waals surface area contributed by atoms with Gasteiger partial charge in [-0.3, -0.25) is 14.4 Å². The fraction of sp³-hybridized carbons (Fsp3) is 0.500. The summed E-state index contributed by atoms with van der Waals surface area (Å²) in [6, 6.07) is 13.7. The first-order chi connectivity index (χ1) is 26.0. The van der Waals surface area contributed by atoms with E-state index in [2.05, 4.69) is 10.6 Å². The van der Waals surface area contributed by atoms with Gasteiger partial charge in [-0.15, -0.1) is 0 Å². The number of halogens is 3. The molecule has 2 fully saturated rings. The van der Waals surface area contributed by atoms with Crippen molar-refractivity contribution in [3.05, 3.63) is 54.6 Å². The molecule has 14 nitrogen and oxygen atoms in total. The lowest BCUT2D eigenvalue weighted by Crippen LogP contribution is -2.59. The van der Waals surface area contributed by atoms with Gasteiger partial charge in [-0.25, -0.2) is 14.5 Å². The fourth-order valence-electron chi connectivity index (χ4n) is 6.60. The summed E-state index contributed by atoms with van der Waals surface area (Å²) in [4.78, 5) is 60.5. The van der Waals surface area contributed by atoms with Crippen LogP contribution in [0, 0.1) is 11.8 Å². The molecule has 3 aromatic rings. The number of amides is 4. The summed E-state index contributed by atoms with van der Waals surface area (Å²) >= 11 is 0. The SMILES string of the molecule is COc1ccc2c(O[C@@H]3C[C@@H](C(=O)NC4(C(=O)NS(=O)(=O)C(F)(F)F)CC4C)N(C(=O)[C@H](CC(C)C)NC(=O)OC(C)(C)C)C3)cc(-c3ccccc3)nc2c1. The van der Waals surface area contributed by atoms with Crippen LogP contribution in [0.15, 0.2) is 54.6 Å². The molecule has 18 heteroatoms. The molecule has 0 radical (unpaired) electrons. The van der Waals surface area contributed by atoms with Crippen LogP contribution in [0.3, 0.4) is 0 Å². The number of carbonyl (C=O) groups excluding carboxylic acids is 4. The van der Waals surface area contributed by atoms with Gasteiger partial charge in [0.05, 0.1) is 24.9 Å². The Morgan fingerprint density at radius 3 is 2.27 bits per heavy atom. The van der Waals surface area contributed by atoms with E-state index in [-0.39, 0.29) is 31.7 Å². The molecule has 1 saturated carbocycles. The van der Waals surface area contributed by atoms with E-state index in [1.54, 1.807) is 45.0 Å². The van der Waals surface area contributed by atoms with Crippen molar-refractivity contribution in [3.8, 4) is 22.8 Å². The van der Waals surface area contributed by atoms with Crippen molar-refractivity contribution in [2.75, 3.05) is 13.7 Å². The van der Waals surface area contributed by atoms with Gasteiger partial charge in [-0.1, -0.05) is 51.1 Å². The molecule has 2 unspecified atom stereocenters. The van der Waals surface area contributed by atoms with E-state index in [1.165, 1.54) is 18.9 Å². The molecule has 1 aliphatic heterocycles. The Bertz CT molecular complexity index is 2090. The Kier molecular flexibility index (Phi) is 11.8. The maximum absolute atomic E-state index is 14.4. The van der Waals surface area contributed by atoms with Gasteiger partial charge < -0.3 is 29.7 Å². The van der Waals surface area contributed by atoms with E-state index in [4.69, 9.17) is 19.2 Å². The largest absolute Gasteiger partial charge is 0.516 e. The van der Waals surface area contributed by atoms with Gasteiger partial charge in [0, 0.05) is 29.5 Å². The third-order valence-electron chi connectivity index (χ3n) is 9.48. The summed E-state index contributed by atoms with van der Waals surface area (Å²) in [7, 11) is -4.56. The second-order valence-electron chi connectivity index (χ2n) is 15.5. The summed E-state index contributed by atoms with van der Waals surface area (Å²) in [5.41, 5.74) is -6.80. The number of pyridine rings is 1. The molecule has 5 rings (SSSR count). The van der Waals surface area contributed by atoms with E-state index >= 15 is 0 Å². The monoisotopic (exact) mass is 805 g/mol. The number of alkyl carbamates (subject to hydrolysis) is 1. The van der Waals surface area contributed by atoms with Crippen LogP contribution in [0.1, 0.15) is 60.8 Å². The third-order valence-corrected chi connectivity index (χ3v) is 10.5. The van der Waals surface area contributed by atoms with E-state index in [0.717, 1.165) is 10.3 Å². The molecule has 4 amide bonds. The molecule has 2 aliphatic rings. The van der Waals surface area contributed by atoms with Crippen LogP contribution < -0.4 is 24.8 Å². The molecule has 2 heterocycles. The quantitative estimate of drug-likeness (QED) is 0.224. The van der Waals surface area contributed by atoms with Gasteiger partial charge in [0.15, 0.2) is 0 Å². The maximum atomic E-state index is 14.4. The van der Waals surface area contributed by atoms with Gasteiger partial charge in [-0.05, 0) is 57.6 Å². The Morgan fingerprint density at radius 2 is 1.70 bits per heavy atom. The number of hydrogen-bond acceptors (Lipinski definition) is 10. The first kappa shape index (κ1) is 42.0. The standard InChI is InChI=1S/C38H46F3N5O9S/c1-21(2)15-29(43-35(50)55-36(4,5)6)33(48)46-20-25(17-30(46)32(47)44-37(19-22(37)3)34(49)45-56(51,52)38(39,40)41)54-31-18-27(23-11-9-8-10-12-23)42-28-16-24(53-7)13-14-26(28)31/h8-14,16,18,21-22,25,29-30H,15,17,19-20H2,1-7H3,(H,43,50)(H,44,47)(H,45,49)/t22?,25-,29+,30+,37?/m1/s1. The lowest BCUT2D eigenvalue weighted by Gasteiger charge is -2.31. The Balaban J connectivity index is 1.50. The molecule has 1 aromatic heterocycles. The summed E-state index contributed by atoms with van der Waals surface area (Å²) in [5, 5.41) is 5.66. The predicted octanol–water partition coefficient (Wildman–Crippen LogP) is 5.06. The topological polar surface area (TPSA) is 182 Å². The second kappa shape index (κ2) is 15.8. The van der Waals surface area contributed by atoms with Crippen LogP contribution in [0.2, 0.25) is 0 Å². The molecule has 1 saturated heterocycles. The van der Waals surface area contributed by atoms with Gasteiger partial charge >= 0.3 is 21.6 Å². The van der Waals surface area contributed by atoms with Crippen molar-refractivity contribution < 1.29 is 55.0 Å². The second-order valence-corrected chi connectivity index (χ2v) is 17.2. The molecule has 0 spiro atoms. The molecule has 3 N–H and O–H groups in total. The highest BCUT2D eigenvalue weighted by atomic mass is 32.2. The fourth-order valence-corrected chi connectivity index (χ4v) is 7.14. The van der Waals surface area contributed by atoms with Gasteiger partial charge in [0.2, 0.25) is 11.8 Å². The molecule has 56 heavy (non-hydrogen) atoms. The number of carbonyl (C=O) groups is 4. The van der Waals surface area contributed by atoms with Crippen LogP contribution in [0.4, 0.5) is 18.0 Å². The number of nitrogens with zero attached hydrogens (tertiary/aromatic N) is 2. The van der Waals surface area contributed by atoms with Gasteiger partial charge in [-0.2, -0.15) is 21.6 Å². The number of aromatic nitrogens is 1. The molecule has 5 atom stereocenters. The number of ether oxygens (including phenoxy) is 3.